The van der Waals surface area contributed by atoms with Crippen molar-refractivity contribution in [1.29, 1.82) is 0 Å². The van der Waals surface area contributed by atoms with Crippen molar-refractivity contribution in [3.05, 3.63) is 24.3 Å². The highest BCUT2D eigenvalue weighted by Gasteiger charge is 2.15. The summed E-state index contributed by atoms with van der Waals surface area (Å²) in [4.78, 5) is 11.4. The lowest BCUT2D eigenvalue weighted by molar-refractivity contribution is -0.116. The molecule has 0 bridgehead atoms. The number of hydrogen-bond donors (Lipinski definition) is 2. The van der Waals surface area contributed by atoms with Crippen molar-refractivity contribution in [2.45, 2.75) is 25.4 Å². The summed E-state index contributed by atoms with van der Waals surface area (Å²) in [6, 6.07) is 7.35. The molecule has 112 valence electrons. The highest BCUT2D eigenvalue weighted by Crippen LogP contribution is 2.19. The molecule has 1 fully saturated rings. The fourth-order valence-electron chi connectivity index (χ4n) is 1.98. The third kappa shape index (κ3) is 5.36. The zero-order valence-corrected chi connectivity index (χ0v) is 12.2. The van der Waals surface area contributed by atoms with Crippen molar-refractivity contribution in [3.8, 4) is 5.75 Å². The van der Waals surface area contributed by atoms with Crippen molar-refractivity contribution in [2.24, 2.45) is 5.73 Å². The number of ether oxygens (including phenoxy) is 2. The summed E-state index contributed by atoms with van der Waals surface area (Å²) >= 11 is 0. The molecule has 0 spiro atoms. The first kappa shape index (κ1) is 16.8. The van der Waals surface area contributed by atoms with E-state index in [0.29, 0.717) is 19.6 Å². The molecule has 1 aliphatic rings. The number of anilines is 1. The molecule has 20 heavy (non-hydrogen) atoms. The Bertz CT molecular complexity index is 423. The van der Waals surface area contributed by atoms with Crippen molar-refractivity contribution >= 4 is 24.0 Å². The van der Waals surface area contributed by atoms with Crippen LogP contribution in [0.1, 0.15) is 19.3 Å². The van der Waals surface area contributed by atoms with Gasteiger partial charge in [0.25, 0.3) is 0 Å². The molecule has 1 aromatic rings. The van der Waals surface area contributed by atoms with E-state index in [9.17, 15) is 4.79 Å². The van der Waals surface area contributed by atoms with E-state index in [4.69, 9.17) is 15.2 Å². The van der Waals surface area contributed by atoms with Crippen LogP contribution in [0.4, 0.5) is 5.69 Å². The van der Waals surface area contributed by atoms with Crippen LogP contribution in [-0.2, 0) is 9.53 Å². The van der Waals surface area contributed by atoms with Gasteiger partial charge in [0.2, 0.25) is 5.91 Å². The van der Waals surface area contributed by atoms with Gasteiger partial charge in [-0.05, 0) is 25.0 Å². The maximum atomic E-state index is 11.4. The summed E-state index contributed by atoms with van der Waals surface area (Å²) < 4.78 is 11.2. The maximum absolute atomic E-state index is 11.4. The Morgan fingerprint density at radius 3 is 3.05 bits per heavy atom. The summed E-state index contributed by atoms with van der Waals surface area (Å²) in [6.45, 7) is 1.73. The molecule has 3 N–H and O–H groups in total. The lowest BCUT2D eigenvalue weighted by Gasteiger charge is -2.12. The minimum Gasteiger partial charge on any atom is -0.491 e. The van der Waals surface area contributed by atoms with Crippen LogP contribution in [0.5, 0.6) is 5.75 Å². The first-order valence-electron chi connectivity index (χ1n) is 6.62. The number of nitrogens with two attached hydrogens (primary N) is 1. The molecule has 0 aliphatic carbocycles. The van der Waals surface area contributed by atoms with Crippen molar-refractivity contribution < 1.29 is 14.3 Å². The van der Waals surface area contributed by atoms with E-state index >= 15 is 0 Å². The van der Waals surface area contributed by atoms with Crippen LogP contribution in [-0.4, -0.2) is 31.8 Å². The molecule has 6 heteroatoms. The zero-order chi connectivity index (χ0) is 13.5. The second kappa shape index (κ2) is 8.79. The SMILES string of the molecule is Cl.NCCC(=O)Nc1cccc(OCC2CCCO2)c1. The fraction of sp³-hybridized carbons (Fsp3) is 0.500. The van der Waals surface area contributed by atoms with Gasteiger partial charge in [-0.1, -0.05) is 6.07 Å². The molecular formula is C14H21ClN2O3. The molecule has 2 rings (SSSR count). The molecule has 1 unspecified atom stereocenters. The third-order valence-corrected chi connectivity index (χ3v) is 2.95. The van der Waals surface area contributed by atoms with Crippen LogP contribution in [0.15, 0.2) is 24.3 Å². The molecule has 1 amide bonds. The van der Waals surface area contributed by atoms with Crippen LogP contribution in [0.2, 0.25) is 0 Å². The largest absolute Gasteiger partial charge is 0.491 e. The molecular weight excluding hydrogens is 280 g/mol. The Kier molecular flexibility index (Phi) is 7.36. The van der Waals surface area contributed by atoms with Crippen LogP contribution in [0.3, 0.4) is 0 Å². The summed E-state index contributed by atoms with van der Waals surface area (Å²) in [7, 11) is 0. The molecule has 0 radical (unpaired) electrons. The van der Waals surface area contributed by atoms with Crippen molar-refractivity contribution in [3.63, 3.8) is 0 Å². The number of carbonyl (C=O) groups is 1. The molecule has 1 atom stereocenters. The lowest BCUT2D eigenvalue weighted by Crippen LogP contribution is -2.17. The Morgan fingerprint density at radius 2 is 2.35 bits per heavy atom. The van der Waals surface area contributed by atoms with Gasteiger partial charge in [-0.15, -0.1) is 12.4 Å². The van der Waals surface area contributed by atoms with Gasteiger partial charge in [-0.3, -0.25) is 4.79 Å². The van der Waals surface area contributed by atoms with Crippen LogP contribution >= 0.6 is 12.4 Å². The minimum absolute atomic E-state index is 0. The molecule has 1 saturated heterocycles. The molecule has 1 aliphatic heterocycles. The lowest BCUT2D eigenvalue weighted by atomic mass is 10.2. The first-order valence-corrected chi connectivity index (χ1v) is 6.62. The number of nitrogens with one attached hydrogen (secondary N) is 1. The van der Waals surface area contributed by atoms with Gasteiger partial charge in [0.05, 0.1) is 6.10 Å². The van der Waals surface area contributed by atoms with Gasteiger partial charge in [-0.2, -0.15) is 0 Å². The summed E-state index contributed by atoms with van der Waals surface area (Å²) in [5.74, 6) is 0.653. The minimum atomic E-state index is -0.0845. The van der Waals surface area contributed by atoms with E-state index < -0.39 is 0 Å². The second-order valence-corrected chi connectivity index (χ2v) is 4.56. The number of rotatable bonds is 6. The topological polar surface area (TPSA) is 73.6 Å². The van der Waals surface area contributed by atoms with Gasteiger partial charge in [0.15, 0.2) is 0 Å². The third-order valence-electron chi connectivity index (χ3n) is 2.95. The highest BCUT2D eigenvalue weighted by molar-refractivity contribution is 5.90. The monoisotopic (exact) mass is 300 g/mol. The Morgan fingerprint density at radius 1 is 1.50 bits per heavy atom. The Hall–Kier alpha value is -1.30. The molecule has 1 aromatic carbocycles. The van der Waals surface area contributed by atoms with Crippen molar-refractivity contribution in [2.75, 3.05) is 25.1 Å². The van der Waals surface area contributed by atoms with Gasteiger partial charge < -0.3 is 20.5 Å². The zero-order valence-electron chi connectivity index (χ0n) is 11.3. The quantitative estimate of drug-likeness (QED) is 0.842. The average molecular weight is 301 g/mol. The smallest absolute Gasteiger partial charge is 0.225 e. The van der Waals surface area contributed by atoms with Gasteiger partial charge in [-0.25, -0.2) is 0 Å². The second-order valence-electron chi connectivity index (χ2n) is 4.56. The van der Waals surface area contributed by atoms with E-state index in [1.807, 2.05) is 24.3 Å². The summed E-state index contributed by atoms with van der Waals surface area (Å²) in [5.41, 5.74) is 6.06. The highest BCUT2D eigenvalue weighted by atomic mass is 35.5. The number of halogens is 1. The fourth-order valence-corrected chi connectivity index (χ4v) is 1.98. The van der Waals surface area contributed by atoms with Crippen LogP contribution in [0, 0.1) is 0 Å². The average Bonchev–Trinajstić information content (AvgIpc) is 2.90. The van der Waals surface area contributed by atoms with E-state index in [1.54, 1.807) is 0 Å². The first-order chi connectivity index (χ1) is 9.28. The van der Waals surface area contributed by atoms with Crippen LogP contribution in [0.25, 0.3) is 0 Å². The number of carbonyl (C=O) groups excluding carboxylic acids is 1. The van der Waals surface area contributed by atoms with E-state index in [2.05, 4.69) is 5.32 Å². The van der Waals surface area contributed by atoms with Gasteiger partial charge in [0, 0.05) is 31.3 Å². The predicted molar refractivity (Wildman–Crippen MR) is 80.5 cm³/mol. The van der Waals surface area contributed by atoms with E-state index in [1.165, 1.54) is 0 Å². The number of hydrogen-bond acceptors (Lipinski definition) is 4. The Balaban J connectivity index is 0.00000200. The molecule has 1 heterocycles. The summed E-state index contributed by atoms with van der Waals surface area (Å²) in [5, 5.41) is 2.78. The molecule has 0 aromatic heterocycles. The van der Waals surface area contributed by atoms with Gasteiger partial charge in [0.1, 0.15) is 12.4 Å². The van der Waals surface area contributed by atoms with E-state index in [0.717, 1.165) is 30.9 Å². The molecule has 5 nitrogen and oxygen atoms in total. The van der Waals surface area contributed by atoms with Crippen LogP contribution < -0.4 is 15.8 Å². The van der Waals surface area contributed by atoms with E-state index in [-0.39, 0.29) is 24.4 Å². The Labute approximate surface area is 125 Å². The van der Waals surface area contributed by atoms with Crippen molar-refractivity contribution in [1.82, 2.24) is 0 Å². The van der Waals surface area contributed by atoms with Gasteiger partial charge >= 0.3 is 0 Å². The standard InChI is InChI=1S/C14H20N2O3.ClH/c15-7-6-14(17)16-11-3-1-4-12(9-11)19-10-13-5-2-8-18-13;/h1,3-4,9,13H,2,5-8,10,15H2,(H,16,17);1H. The molecule has 0 saturated carbocycles. The normalized spacial score (nSPS) is 17.4. The summed E-state index contributed by atoms with van der Waals surface area (Å²) in [6.07, 6.45) is 2.66. The number of amides is 1. The number of benzene rings is 1. The predicted octanol–water partition coefficient (Wildman–Crippen LogP) is 1.95. The maximum Gasteiger partial charge on any atom is 0.225 e.